The fourth-order valence-corrected chi connectivity index (χ4v) is 2.23. The maximum atomic E-state index is 10.8. The Kier molecular flexibility index (Phi) is 2.56. The molecule has 1 aromatic carbocycles. The number of fused-ring (bicyclic) bond motifs is 1. The zero-order chi connectivity index (χ0) is 12.5. The summed E-state index contributed by atoms with van der Waals surface area (Å²) in [6.45, 7) is 1.69. The first-order valence-corrected chi connectivity index (χ1v) is 5.77. The quantitative estimate of drug-likeness (QED) is 0.621. The van der Waals surface area contributed by atoms with Gasteiger partial charge in [0, 0.05) is 48.5 Å². The third kappa shape index (κ3) is 1.76. The van der Waals surface area contributed by atoms with Gasteiger partial charge in [-0.15, -0.1) is 0 Å². The van der Waals surface area contributed by atoms with Crippen molar-refractivity contribution in [2.75, 3.05) is 6.54 Å². The molecule has 2 N–H and O–H groups in total. The van der Waals surface area contributed by atoms with E-state index in [1.807, 2.05) is 6.07 Å². The monoisotopic (exact) mass is 244 g/mol. The number of aromatic nitrogens is 2. The van der Waals surface area contributed by atoms with Crippen molar-refractivity contribution < 1.29 is 4.92 Å². The minimum atomic E-state index is -0.388. The van der Waals surface area contributed by atoms with Crippen LogP contribution in [0.3, 0.4) is 0 Å². The highest BCUT2D eigenvalue weighted by Gasteiger charge is 2.18. The van der Waals surface area contributed by atoms with Gasteiger partial charge in [0.15, 0.2) is 0 Å². The number of rotatable bonds is 2. The Morgan fingerprint density at radius 3 is 3.11 bits per heavy atom. The summed E-state index contributed by atoms with van der Waals surface area (Å²) >= 11 is 0. The normalized spacial score (nSPS) is 14.2. The van der Waals surface area contributed by atoms with Crippen molar-refractivity contribution >= 4 is 5.69 Å². The number of aromatic amines is 1. The fraction of sp³-hybridized carbons (Fsp3) is 0.250. The Hall–Kier alpha value is -2.21. The third-order valence-corrected chi connectivity index (χ3v) is 3.14. The number of hydrogen-bond acceptors (Lipinski definition) is 4. The van der Waals surface area contributed by atoms with E-state index in [-0.39, 0.29) is 10.6 Å². The Morgan fingerprint density at radius 2 is 2.28 bits per heavy atom. The van der Waals surface area contributed by atoms with Crippen LogP contribution in [0.4, 0.5) is 5.69 Å². The maximum Gasteiger partial charge on any atom is 0.270 e. The van der Waals surface area contributed by atoms with Crippen molar-refractivity contribution in [3.63, 3.8) is 0 Å². The van der Waals surface area contributed by atoms with Crippen molar-refractivity contribution in [1.29, 1.82) is 0 Å². The summed E-state index contributed by atoms with van der Waals surface area (Å²) in [6, 6.07) is 6.58. The van der Waals surface area contributed by atoms with Gasteiger partial charge in [-0.3, -0.25) is 15.2 Å². The SMILES string of the molecule is O=[N+]([O-])c1cccc(-c2n[nH]c3c2CNCC3)c1. The van der Waals surface area contributed by atoms with E-state index >= 15 is 0 Å². The number of nitro benzene ring substituents is 1. The fourth-order valence-electron chi connectivity index (χ4n) is 2.23. The van der Waals surface area contributed by atoms with Gasteiger partial charge in [0.25, 0.3) is 5.69 Å². The minimum Gasteiger partial charge on any atom is -0.312 e. The number of H-pyrrole nitrogens is 1. The van der Waals surface area contributed by atoms with Crippen LogP contribution < -0.4 is 5.32 Å². The average molecular weight is 244 g/mol. The van der Waals surface area contributed by atoms with E-state index in [1.54, 1.807) is 12.1 Å². The second-order valence-corrected chi connectivity index (χ2v) is 4.26. The Bertz CT molecular complexity index is 606. The predicted molar refractivity (Wildman–Crippen MR) is 66.1 cm³/mol. The van der Waals surface area contributed by atoms with Crippen LogP contribution in [0, 0.1) is 10.1 Å². The molecule has 1 aliphatic heterocycles. The van der Waals surface area contributed by atoms with Gasteiger partial charge in [-0.05, 0) is 0 Å². The number of nitro groups is 1. The van der Waals surface area contributed by atoms with Crippen LogP contribution in [0.5, 0.6) is 0 Å². The van der Waals surface area contributed by atoms with Gasteiger partial charge in [0.1, 0.15) is 0 Å². The third-order valence-electron chi connectivity index (χ3n) is 3.14. The number of non-ortho nitro benzene ring substituents is 1. The summed E-state index contributed by atoms with van der Waals surface area (Å²) in [5.41, 5.74) is 3.91. The zero-order valence-electron chi connectivity index (χ0n) is 9.64. The Morgan fingerprint density at radius 1 is 1.39 bits per heavy atom. The predicted octanol–water partition coefficient (Wildman–Crippen LogP) is 1.63. The van der Waals surface area contributed by atoms with Crippen LogP contribution in [0.25, 0.3) is 11.3 Å². The van der Waals surface area contributed by atoms with Gasteiger partial charge in [0.2, 0.25) is 0 Å². The molecule has 0 saturated heterocycles. The summed E-state index contributed by atoms with van der Waals surface area (Å²) < 4.78 is 0. The number of nitrogens with zero attached hydrogens (tertiary/aromatic N) is 2. The number of benzene rings is 1. The first-order valence-electron chi connectivity index (χ1n) is 5.77. The van der Waals surface area contributed by atoms with Gasteiger partial charge in [-0.1, -0.05) is 12.1 Å². The topological polar surface area (TPSA) is 83.8 Å². The van der Waals surface area contributed by atoms with Crippen LogP contribution in [-0.2, 0) is 13.0 Å². The van der Waals surface area contributed by atoms with Crippen molar-refractivity contribution in [3.8, 4) is 11.3 Å². The molecule has 18 heavy (non-hydrogen) atoms. The smallest absolute Gasteiger partial charge is 0.270 e. The number of nitrogens with one attached hydrogen (secondary N) is 2. The summed E-state index contributed by atoms with van der Waals surface area (Å²) in [6.07, 6.45) is 0.914. The highest BCUT2D eigenvalue weighted by Crippen LogP contribution is 2.28. The molecule has 1 aromatic heterocycles. The highest BCUT2D eigenvalue weighted by atomic mass is 16.6. The molecule has 2 heterocycles. The first-order chi connectivity index (χ1) is 8.75. The standard InChI is InChI=1S/C12H12N4O2/c17-16(18)9-3-1-2-8(6-9)12-10-7-13-5-4-11(10)14-15-12/h1-3,6,13H,4-5,7H2,(H,14,15). The first kappa shape index (κ1) is 10.9. The molecule has 0 bridgehead atoms. The lowest BCUT2D eigenvalue weighted by atomic mass is 10.0. The highest BCUT2D eigenvalue weighted by molar-refractivity contribution is 5.66. The van der Waals surface area contributed by atoms with E-state index in [2.05, 4.69) is 15.5 Å². The molecule has 3 rings (SSSR count). The van der Waals surface area contributed by atoms with E-state index in [9.17, 15) is 10.1 Å². The molecule has 0 atom stereocenters. The molecule has 0 unspecified atom stereocenters. The number of hydrogen-bond donors (Lipinski definition) is 2. The van der Waals surface area contributed by atoms with E-state index in [4.69, 9.17) is 0 Å². The van der Waals surface area contributed by atoms with Crippen LogP contribution in [-0.4, -0.2) is 21.7 Å². The van der Waals surface area contributed by atoms with E-state index < -0.39 is 0 Å². The Balaban J connectivity index is 2.07. The van der Waals surface area contributed by atoms with Crippen molar-refractivity contribution in [3.05, 3.63) is 45.6 Å². The minimum absolute atomic E-state index is 0.0908. The largest absolute Gasteiger partial charge is 0.312 e. The second-order valence-electron chi connectivity index (χ2n) is 4.26. The van der Waals surface area contributed by atoms with Crippen LogP contribution in [0.15, 0.2) is 24.3 Å². The summed E-state index contributed by atoms with van der Waals surface area (Å²) in [5.74, 6) is 0. The average Bonchev–Trinajstić information content (AvgIpc) is 2.82. The Labute approximate surface area is 103 Å². The van der Waals surface area contributed by atoms with Gasteiger partial charge in [0.05, 0.1) is 10.6 Å². The molecule has 0 radical (unpaired) electrons. The summed E-state index contributed by atoms with van der Waals surface area (Å²) in [4.78, 5) is 10.4. The molecule has 6 heteroatoms. The van der Waals surface area contributed by atoms with Gasteiger partial charge < -0.3 is 5.32 Å². The summed E-state index contributed by atoms with van der Waals surface area (Å²) in [7, 11) is 0. The molecule has 2 aromatic rings. The van der Waals surface area contributed by atoms with Crippen molar-refractivity contribution in [1.82, 2.24) is 15.5 Å². The molecule has 0 fully saturated rings. The molecule has 0 saturated carbocycles. The van der Waals surface area contributed by atoms with E-state index in [0.717, 1.165) is 42.0 Å². The molecule has 0 spiro atoms. The molecule has 1 aliphatic rings. The maximum absolute atomic E-state index is 10.8. The van der Waals surface area contributed by atoms with E-state index in [1.165, 1.54) is 6.07 Å². The van der Waals surface area contributed by atoms with Gasteiger partial charge in [-0.2, -0.15) is 5.10 Å². The molecular formula is C12H12N4O2. The van der Waals surface area contributed by atoms with Gasteiger partial charge in [-0.25, -0.2) is 0 Å². The van der Waals surface area contributed by atoms with Crippen LogP contribution >= 0.6 is 0 Å². The lowest BCUT2D eigenvalue weighted by Gasteiger charge is -2.12. The lowest BCUT2D eigenvalue weighted by Crippen LogP contribution is -2.23. The molecule has 0 aliphatic carbocycles. The summed E-state index contributed by atoms with van der Waals surface area (Å²) in [5, 5.41) is 21.4. The lowest BCUT2D eigenvalue weighted by molar-refractivity contribution is -0.384. The van der Waals surface area contributed by atoms with Crippen molar-refractivity contribution in [2.45, 2.75) is 13.0 Å². The van der Waals surface area contributed by atoms with E-state index in [0.29, 0.717) is 0 Å². The molecule has 92 valence electrons. The van der Waals surface area contributed by atoms with Crippen LogP contribution in [0.2, 0.25) is 0 Å². The molecule has 0 amide bonds. The van der Waals surface area contributed by atoms with Crippen LogP contribution in [0.1, 0.15) is 11.3 Å². The van der Waals surface area contributed by atoms with Gasteiger partial charge >= 0.3 is 0 Å². The zero-order valence-corrected chi connectivity index (χ0v) is 9.64. The second kappa shape index (κ2) is 4.23. The molecule has 6 nitrogen and oxygen atoms in total. The van der Waals surface area contributed by atoms with Crippen molar-refractivity contribution in [2.24, 2.45) is 0 Å². The molecular weight excluding hydrogens is 232 g/mol.